The van der Waals surface area contributed by atoms with E-state index in [0.29, 0.717) is 11.8 Å². The van der Waals surface area contributed by atoms with E-state index in [1.54, 1.807) is 0 Å². The maximum Gasteiger partial charge on any atom is 0.416 e. The molecule has 0 saturated carbocycles. The number of aromatic nitrogens is 2. The van der Waals surface area contributed by atoms with Crippen LogP contribution < -0.4 is 9.64 Å². The van der Waals surface area contributed by atoms with Gasteiger partial charge in [0.25, 0.3) is 0 Å². The van der Waals surface area contributed by atoms with Crippen molar-refractivity contribution < 1.29 is 22.3 Å². The molecule has 0 saturated heterocycles. The van der Waals surface area contributed by atoms with Crippen molar-refractivity contribution in [1.29, 1.82) is 0 Å². The molecule has 0 aliphatic rings. The smallest absolute Gasteiger partial charge is 0.416 e. The minimum atomic E-state index is -4.63. The summed E-state index contributed by atoms with van der Waals surface area (Å²) in [7, 11) is 2.88. The molecule has 0 unspecified atom stereocenters. The van der Waals surface area contributed by atoms with Crippen LogP contribution in [0.1, 0.15) is 5.56 Å². The van der Waals surface area contributed by atoms with Gasteiger partial charge in [-0.25, -0.2) is 4.39 Å². The molecule has 112 valence electrons. The van der Waals surface area contributed by atoms with Crippen LogP contribution in [0.15, 0.2) is 30.5 Å². The van der Waals surface area contributed by atoms with Gasteiger partial charge in [0.15, 0.2) is 5.82 Å². The van der Waals surface area contributed by atoms with Crippen LogP contribution in [0.3, 0.4) is 0 Å². The summed E-state index contributed by atoms with van der Waals surface area (Å²) in [6.45, 7) is 0. The van der Waals surface area contributed by atoms with Crippen LogP contribution in [0, 0.1) is 5.82 Å². The molecule has 0 radical (unpaired) electrons. The fourth-order valence-corrected chi connectivity index (χ4v) is 1.68. The Morgan fingerprint density at radius 1 is 1.14 bits per heavy atom. The third-order valence-corrected chi connectivity index (χ3v) is 2.79. The molecule has 0 aliphatic heterocycles. The third kappa shape index (κ3) is 3.39. The van der Waals surface area contributed by atoms with Crippen LogP contribution >= 0.6 is 0 Å². The van der Waals surface area contributed by atoms with E-state index in [9.17, 15) is 17.6 Å². The van der Waals surface area contributed by atoms with Gasteiger partial charge in [0.2, 0.25) is 0 Å². The zero-order valence-electron chi connectivity index (χ0n) is 11.1. The molecule has 8 heteroatoms. The first-order chi connectivity index (χ1) is 9.81. The maximum absolute atomic E-state index is 13.4. The Morgan fingerprint density at radius 3 is 2.48 bits per heavy atom. The molecule has 0 fully saturated rings. The lowest BCUT2D eigenvalue weighted by Crippen LogP contribution is -2.14. The summed E-state index contributed by atoms with van der Waals surface area (Å²) in [6, 6.07) is 3.74. The summed E-state index contributed by atoms with van der Waals surface area (Å²) in [5.41, 5.74) is -1.06. The van der Waals surface area contributed by atoms with E-state index in [0.717, 1.165) is 12.1 Å². The van der Waals surface area contributed by atoms with Crippen LogP contribution in [0.2, 0.25) is 0 Å². The zero-order valence-corrected chi connectivity index (χ0v) is 11.1. The number of methoxy groups -OCH3 is 1. The second-order valence-electron chi connectivity index (χ2n) is 4.21. The van der Waals surface area contributed by atoms with E-state index in [2.05, 4.69) is 10.2 Å². The molecular formula is C13H11F4N3O. The lowest BCUT2D eigenvalue weighted by atomic mass is 10.1. The second kappa shape index (κ2) is 5.55. The molecule has 0 spiro atoms. The lowest BCUT2D eigenvalue weighted by molar-refractivity contribution is -0.137. The largest absolute Gasteiger partial charge is 0.495 e. The number of rotatable bonds is 3. The van der Waals surface area contributed by atoms with Gasteiger partial charge in [-0.3, -0.25) is 0 Å². The highest BCUT2D eigenvalue weighted by Crippen LogP contribution is 2.34. The first kappa shape index (κ1) is 15.0. The number of hydrogen-bond donors (Lipinski definition) is 0. The molecule has 1 heterocycles. The van der Waals surface area contributed by atoms with E-state index in [-0.39, 0.29) is 11.5 Å². The lowest BCUT2D eigenvalue weighted by Gasteiger charge is -2.19. The monoisotopic (exact) mass is 301 g/mol. The van der Waals surface area contributed by atoms with Crippen LogP contribution in [0.25, 0.3) is 0 Å². The highest BCUT2D eigenvalue weighted by Gasteiger charge is 2.31. The highest BCUT2D eigenvalue weighted by molar-refractivity contribution is 5.61. The molecule has 2 rings (SSSR count). The van der Waals surface area contributed by atoms with Crippen LogP contribution in [-0.4, -0.2) is 24.4 Å². The molecule has 0 amide bonds. The molecule has 1 aromatic heterocycles. The average molecular weight is 301 g/mol. The van der Waals surface area contributed by atoms with Crippen molar-refractivity contribution in [2.75, 3.05) is 19.1 Å². The van der Waals surface area contributed by atoms with Gasteiger partial charge in [0, 0.05) is 18.8 Å². The first-order valence-corrected chi connectivity index (χ1v) is 5.79. The Labute approximate surface area is 118 Å². The standard InChI is InChI=1S/C13H11F4N3O/c1-20(12-6-11(21-2)7-18-19-12)10-4-8(13(15,16)17)3-9(14)5-10/h3-7H,1-2H3. The molecule has 4 nitrogen and oxygen atoms in total. The van der Waals surface area contributed by atoms with E-state index >= 15 is 0 Å². The van der Waals surface area contributed by atoms with Crippen molar-refractivity contribution in [1.82, 2.24) is 10.2 Å². The Balaban J connectivity index is 2.43. The van der Waals surface area contributed by atoms with E-state index in [4.69, 9.17) is 4.74 Å². The normalized spacial score (nSPS) is 11.3. The van der Waals surface area contributed by atoms with E-state index < -0.39 is 17.6 Å². The van der Waals surface area contributed by atoms with Crippen LogP contribution in [0.4, 0.5) is 29.1 Å². The van der Waals surface area contributed by atoms with Crippen molar-refractivity contribution in [3.63, 3.8) is 0 Å². The Hall–Kier alpha value is -2.38. The van der Waals surface area contributed by atoms with Gasteiger partial charge < -0.3 is 9.64 Å². The molecule has 0 atom stereocenters. The number of alkyl halides is 3. The fourth-order valence-electron chi connectivity index (χ4n) is 1.68. The quantitative estimate of drug-likeness (QED) is 0.814. The van der Waals surface area contributed by atoms with Crippen molar-refractivity contribution in [3.05, 3.63) is 41.8 Å². The molecule has 0 N–H and O–H groups in total. The number of benzene rings is 1. The summed E-state index contributed by atoms with van der Waals surface area (Å²) >= 11 is 0. The van der Waals surface area contributed by atoms with Crippen molar-refractivity contribution >= 4 is 11.5 Å². The predicted octanol–water partition coefficient (Wildman–Crippen LogP) is 3.41. The highest BCUT2D eigenvalue weighted by atomic mass is 19.4. The minimum absolute atomic E-state index is 0.00452. The average Bonchev–Trinajstić information content (AvgIpc) is 2.45. The Morgan fingerprint density at radius 2 is 1.86 bits per heavy atom. The van der Waals surface area contributed by atoms with Gasteiger partial charge in [-0.15, -0.1) is 5.10 Å². The molecule has 1 aromatic carbocycles. The Bertz CT molecular complexity index is 646. The number of nitrogens with zero attached hydrogens (tertiary/aromatic N) is 3. The van der Waals surface area contributed by atoms with E-state index in [1.807, 2.05) is 0 Å². The maximum atomic E-state index is 13.4. The summed E-state index contributed by atoms with van der Waals surface area (Å²) in [6.07, 6.45) is -3.28. The first-order valence-electron chi connectivity index (χ1n) is 5.79. The van der Waals surface area contributed by atoms with Gasteiger partial charge in [0.05, 0.1) is 18.9 Å². The number of ether oxygens (including phenoxy) is 1. The fraction of sp³-hybridized carbons (Fsp3) is 0.231. The van der Waals surface area contributed by atoms with Crippen molar-refractivity contribution in [2.45, 2.75) is 6.18 Å². The molecule has 21 heavy (non-hydrogen) atoms. The molecule has 0 aliphatic carbocycles. The third-order valence-electron chi connectivity index (χ3n) is 2.79. The minimum Gasteiger partial charge on any atom is -0.495 e. The molecular weight excluding hydrogens is 290 g/mol. The number of anilines is 2. The van der Waals surface area contributed by atoms with Gasteiger partial charge in [-0.1, -0.05) is 0 Å². The topological polar surface area (TPSA) is 38.3 Å². The van der Waals surface area contributed by atoms with Crippen molar-refractivity contribution in [3.8, 4) is 5.75 Å². The van der Waals surface area contributed by atoms with Gasteiger partial charge >= 0.3 is 6.18 Å². The molecule has 0 bridgehead atoms. The summed E-state index contributed by atoms with van der Waals surface area (Å²) in [5.74, 6) is -0.366. The number of halogens is 4. The van der Waals surface area contributed by atoms with Crippen molar-refractivity contribution in [2.24, 2.45) is 0 Å². The van der Waals surface area contributed by atoms with E-state index in [1.165, 1.54) is 31.3 Å². The Kier molecular flexibility index (Phi) is 3.97. The number of hydrogen-bond acceptors (Lipinski definition) is 4. The summed E-state index contributed by atoms with van der Waals surface area (Å²) in [4.78, 5) is 1.29. The van der Waals surface area contributed by atoms with Crippen LogP contribution in [0.5, 0.6) is 5.75 Å². The second-order valence-corrected chi connectivity index (χ2v) is 4.21. The van der Waals surface area contributed by atoms with Gasteiger partial charge in [0.1, 0.15) is 11.6 Å². The van der Waals surface area contributed by atoms with Gasteiger partial charge in [-0.2, -0.15) is 18.3 Å². The SMILES string of the molecule is COc1cnnc(N(C)c2cc(F)cc(C(F)(F)F)c2)c1. The van der Waals surface area contributed by atoms with Crippen LogP contribution in [-0.2, 0) is 6.18 Å². The summed E-state index contributed by atoms with van der Waals surface area (Å²) < 4.78 is 56.4. The summed E-state index contributed by atoms with van der Waals surface area (Å²) in [5, 5.41) is 7.44. The predicted molar refractivity (Wildman–Crippen MR) is 68.0 cm³/mol. The molecule has 2 aromatic rings. The van der Waals surface area contributed by atoms with Gasteiger partial charge in [-0.05, 0) is 18.2 Å². The zero-order chi connectivity index (χ0) is 15.6.